The van der Waals surface area contributed by atoms with Gasteiger partial charge in [-0.2, -0.15) is 0 Å². The Morgan fingerprint density at radius 2 is 2.31 bits per heavy atom. The summed E-state index contributed by atoms with van der Waals surface area (Å²) in [5, 5.41) is 10.6. The fourth-order valence-corrected chi connectivity index (χ4v) is 1.31. The minimum absolute atomic E-state index is 0.131. The third-order valence-electron chi connectivity index (χ3n) is 2.07. The maximum Gasteiger partial charge on any atom is 0.338 e. The molecular weight excluding hydrogens is 210 g/mol. The zero-order valence-electron chi connectivity index (χ0n) is 8.80. The van der Waals surface area contributed by atoms with Crippen LogP contribution in [0.1, 0.15) is 15.9 Å². The molecule has 1 aromatic rings. The van der Waals surface area contributed by atoms with Crippen molar-refractivity contribution in [2.75, 3.05) is 7.11 Å². The molecule has 0 bridgehead atoms. The molecule has 0 aliphatic heterocycles. The molecule has 0 N–H and O–H groups in total. The van der Waals surface area contributed by atoms with E-state index >= 15 is 0 Å². The molecule has 0 spiro atoms. The smallest absolute Gasteiger partial charge is 0.338 e. The van der Waals surface area contributed by atoms with Gasteiger partial charge in [0.1, 0.15) is 0 Å². The van der Waals surface area contributed by atoms with E-state index in [-0.39, 0.29) is 11.3 Å². The second-order valence-electron chi connectivity index (χ2n) is 3.08. The standard InChI is InChI=1S/C11H11NO4/c1-3-4-8-5-6-9(12(14)15)7-10(8)11(13)16-2/h3,5-7H,1,4H2,2H3. The van der Waals surface area contributed by atoms with Crippen molar-refractivity contribution in [1.82, 2.24) is 0 Å². The molecule has 0 aliphatic carbocycles. The summed E-state index contributed by atoms with van der Waals surface area (Å²) in [6, 6.07) is 4.10. The predicted octanol–water partition coefficient (Wildman–Crippen LogP) is 2.11. The van der Waals surface area contributed by atoms with E-state index in [0.29, 0.717) is 12.0 Å². The molecule has 0 aliphatic rings. The van der Waals surface area contributed by atoms with E-state index in [0.717, 1.165) is 0 Å². The summed E-state index contributed by atoms with van der Waals surface area (Å²) in [6.07, 6.45) is 2.08. The van der Waals surface area contributed by atoms with Crippen molar-refractivity contribution in [3.8, 4) is 0 Å². The van der Waals surface area contributed by atoms with E-state index in [9.17, 15) is 14.9 Å². The lowest BCUT2D eigenvalue weighted by molar-refractivity contribution is -0.384. The number of nitrogens with zero attached hydrogens (tertiary/aromatic N) is 1. The van der Waals surface area contributed by atoms with Crippen LogP contribution >= 0.6 is 0 Å². The van der Waals surface area contributed by atoms with Gasteiger partial charge in [0.25, 0.3) is 5.69 Å². The molecule has 0 amide bonds. The van der Waals surface area contributed by atoms with Gasteiger partial charge in [-0.05, 0) is 12.0 Å². The van der Waals surface area contributed by atoms with Crippen LogP contribution in [0.15, 0.2) is 30.9 Å². The van der Waals surface area contributed by atoms with Gasteiger partial charge < -0.3 is 4.74 Å². The highest BCUT2D eigenvalue weighted by Gasteiger charge is 2.16. The lowest BCUT2D eigenvalue weighted by Gasteiger charge is -2.05. The molecule has 0 atom stereocenters. The first kappa shape index (κ1) is 11.9. The molecule has 1 rings (SSSR count). The van der Waals surface area contributed by atoms with Gasteiger partial charge in [0.05, 0.1) is 17.6 Å². The van der Waals surface area contributed by atoms with Gasteiger partial charge in [-0.1, -0.05) is 12.1 Å². The second-order valence-corrected chi connectivity index (χ2v) is 3.08. The summed E-state index contributed by atoms with van der Waals surface area (Å²) in [6.45, 7) is 3.55. The van der Waals surface area contributed by atoms with Gasteiger partial charge in [-0.15, -0.1) is 6.58 Å². The average Bonchev–Trinajstić information content (AvgIpc) is 2.28. The molecule has 5 heteroatoms. The molecule has 0 saturated heterocycles. The number of methoxy groups -OCH3 is 1. The fourth-order valence-electron chi connectivity index (χ4n) is 1.31. The number of benzene rings is 1. The molecule has 1 aromatic carbocycles. The third-order valence-corrected chi connectivity index (χ3v) is 2.07. The maximum atomic E-state index is 11.4. The summed E-state index contributed by atoms with van der Waals surface area (Å²) in [5.74, 6) is -0.583. The number of rotatable bonds is 4. The number of hydrogen-bond acceptors (Lipinski definition) is 4. The molecule has 0 aromatic heterocycles. The van der Waals surface area contributed by atoms with Gasteiger partial charge in [-0.3, -0.25) is 10.1 Å². The average molecular weight is 221 g/mol. The minimum Gasteiger partial charge on any atom is -0.465 e. The van der Waals surface area contributed by atoms with E-state index in [2.05, 4.69) is 11.3 Å². The first-order valence-corrected chi connectivity index (χ1v) is 4.56. The Hall–Kier alpha value is -2.17. The molecular formula is C11H11NO4. The van der Waals surface area contributed by atoms with E-state index in [1.807, 2.05) is 0 Å². The van der Waals surface area contributed by atoms with E-state index in [1.165, 1.54) is 25.3 Å². The van der Waals surface area contributed by atoms with Crippen LogP contribution < -0.4 is 0 Å². The fraction of sp³-hybridized carbons (Fsp3) is 0.182. The number of carbonyl (C=O) groups excluding carboxylic acids is 1. The SMILES string of the molecule is C=CCc1ccc([N+](=O)[O-])cc1C(=O)OC. The summed E-state index contributed by atoms with van der Waals surface area (Å²) >= 11 is 0. The number of nitro groups is 1. The van der Waals surface area contributed by atoms with Gasteiger partial charge in [-0.25, -0.2) is 4.79 Å². The molecule has 0 radical (unpaired) electrons. The number of allylic oxidation sites excluding steroid dienone is 1. The van der Waals surface area contributed by atoms with E-state index in [4.69, 9.17) is 0 Å². The molecule has 0 fully saturated rings. The normalized spacial score (nSPS) is 9.56. The van der Waals surface area contributed by atoms with Crippen molar-refractivity contribution in [1.29, 1.82) is 0 Å². The molecule has 0 unspecified atom stereocenters. The van der Waals surface area contributed by atoms with Crippen LogP contribution in [0.5, 0.6) is 0 Å². The van der Waals surface area contributed by atoms with Crippen molar-refractivity contribution >= 4 is 11.7 Å². The van der Waals surface area contributed by atoms with Crippen molar-refractivity contribution in [3.63, 3.8) is 0 Å². The van der Waals surface area contributed by atoms with Gasteiger partial charge >= 0.3 is 5.97 Å². The zero-order valence-corrected chi connectivity index (χ0v) is 8.80. The van der Waals surface area contributed by atoms with Crippen molar-refractivity contribution in [3.05, 3.63) is 52.1 Å². The Morgan fingerprint density at radius 3 is 2.81 bits per heavy atom. The van der Waals surface area contributed by atoms with Crippen LogP contribution in [-0.4, -0.2) is 18.0 Å². The zero-order chi connectivity index (χ0) is 12.1. The lowest BCUT2D eigenvalue weighted by Crippen LogP contribution is -2.06. The highest BCUT2D eigenvalue weighted by molar-refractivity contribution is 5.91. The molecule has 0 saturated carbocycles. The minimum atomic E-state index is -0.583. The first-order valence-electron chi connectivity index (χ1n) is 4.56. The van der Waals surface area contributed by atoms with Crippen molar-refractivity contribution in [2.45, 2.75) is 6.42 Å². The van der Waals surface area contributed by atoms with Crippen LogP contribution in [0.4, 0.5) is 5.69 Å². The van der Waals surface area contributed by atoms with Crippen LogP contribution in [0.3, 0.4) is 0 Å². The Kier molecular flexibility index (Phi) is 3.77. The second kappa shape index (κ2) is 5.06. The van der Waals surface area contributed by atoms with Crippen LogP contribution in [-0.2, 0) is 11.2 Å². The van der Waals surface area contributed by atoms with Crippen LogP contribution in [0.25, 0.3) is 0 Å². The molecule has 5 nitrogen and oxygen atoms in total. The molecule has 0 heterocycles. The van der Waals surface area contributed by atoms with Crippen molar-refractivity contribution in [2.24, 2.45) is 0 Å². The third kappa shape index (κ3) is 2.44. The summed E-state index contributed by atoms with van der Waals surface area (Å²) in [5.41, 5.74) is 0.734. The van der Waals surface area contributed by atoms with E-state index in [1.54, 1.807) is 6.08 Å². The topological polar surface area (TPSA) is 69.4 Å². The van der Waals surface area contributed by atoms with Crippen molar-refractivity contribution < 1.29 is 14.5 Å². The van der Waals surface area contributed by atoms with Crippen LogP contribution in [0.2, 0.25) is 0 Å². The number of carbonyl (C=O) groups is 1. The maximum absolute atomic E-state index is 11.4. The van der Waals surface area contributed by atoms with Crippen LogP contribution in [0, 0.1) is 10.1 Å². The highest BCUT2D eigenvalue weighted by atomic mass is 16.6. The van der Waals surface area contributed by atoms with Gasteiger partial charge in [0.15, 0.2) is 0 Å². The Labute approximate surface area is 92.5 Å². The Morgan fingerprint density at radius 1 is 1.62 bits per heavy atom. The quantitative estimate of drug-likeness (QED) is 0.338. The number of esters is 1. The highest BCUT2D eigenvalue weighted by Crippen LogP contribution is 2.19. The molecule has 84 valence electrons. The Bertz CT molecular complexity index is 440. The van der Waals surface area contributed by atoms with E-state index < -0.39 is 10.9 Å². The summed E-state index contributed by atoms with van der Waals surface area (Å²) in [4.78, 5) is 21.4. The monoisotopic (exact) mass is 221 g/mol. The predicted molar refractivity (Wildman–Crippen MR) is 58.3 cm³/mol. The first-order chi connectivity index (χ1) is 7.60. The van der Waals surface area contributed by atoms with Gasteiger partial charge in [0.2, 0.25) is 0 Å². The Balaban J connectivity index is 3.25. The summed E-state index contributed by atoms with van der Waals surface area (Å²) in [7, 11) is 1.23. The summed E-state index contributed by atoms with van der Waals surface area (Å²) < 4.78 is 4.56. The largest absolute Gasteiger partial charge is 0.465 e. The van der Waals surface area contributed by atoms with Gasteiger partial charge in [0, 0.05) is 12.1 Å². The lowest BCUT2D eigenvalue weighted by atomic mass is 10.0. The number of nitro benzene ring substituents is 1. The number of hydrogen-bond donors (Lipinski definition) is 0. The number of ether oxygens (including phenoxy) is 1. The molecule has 16 heavy (non-hydrogen) atoms. The number of non-ortho nitro benzene ring substituents is 1.